The number of carbonyl (C=O) groups is 1. The van der Waals surface area contributed by atoms with Crippen LogP contribution >= 0.6 is 12.2 Å². The molecule has 0 bridgehead atoms. The van der Waals surface area contributed by atoms with Gasteiger partial charge in [0.05, 0.1) is 11.0 Å². The van der Waals surface area contributed by atoms with Gasteiger partial charge in [0.15, 0.2) is 0 Å². The molecule has 0 saturated carbocycles. The fourth-order valence-corrected chi connectivity index (χ4v) is 3.16. The van der Waals surface area contributed by atoms with Crippen LogP contribution in [0.2, 0.25) is 0 Å². The normalized spacial score (nSPS) is 24.2. The molecule has 102 valence electrons. The van der Waals surface area contributed by atoms with Crippen molar-refractivity contribution in [3.05, 3.63) is 0 Å². The third kappa shape index (κ3) is 3.01. The molecule has 2 saturated heterocycles. The van der Waals surface area contributed by atoms with Crippen LogP contribution in [0.25, 0.3) is 0 Å². The van der Waals surface area contributed by atoms with E-state index in [4.69, 9.17) is 18.0 Å². The van der Waals surface area contributed by atoms with Crippen LogP contribution in [-0.2, 0) is 4.79 Å². The van der Waals surface area contributed by atoms with Crippen LogP contribution in [0.3, 0.4) is 0 Å². The van der Waals surface area contributed by atoms with Crippen molar-refractivity contribution >= 4 is 23.1 Å². The highest BCUT2D eigenvalue weighted by molar-refractivity contribution is 7.80. The van der Waals surface area contributed by atoms with Crippen molar-refractivity contribution in [1.82, 2.24) is 9.80 Å². The number of likely N-dealkylation sites (tertiary alicyclic amines) is 2. The SMILES string of the molecule is CC(C(=O)N1CCCC1)N1CCC(C(N)=S)CC1. The summed E-state index contributed by atoms with van der Waals surface area (Å²) < 4.78 is 0. The summed E-state index contributed by atoms with van der Waals surface area (Å²) in [7, 11) is 0. The van der Waals surface area contributed by atoms with Crippen LogP contribution < -0.4 is 5.73 Å². The lowest BCUT2D eigenvalue weighted by Gasteiger charge is -2.36. The highest BCUT2D eigenvalue weighted by atomic mass is 32.1. The first-order valence-corrected chi connectivity index (χ1v) is 7.32. The Balaban J connectivity index is 1.84. The summed E-state index contributed by atoms with van der Waals surface area (Å²) in [6.45, 7) is 5.77. The molecule has 18 heavy (non-hydrogen) atoms. The minimum absolute atomic E-state index is 0.00963. The molecule has 2 fully saturated rings. The smallest absolute Gasteiger partial charge is 0.239 e. The molecule has 4 nitrogen and oxygen atoms in total. The number of rotatable bonds is 3. The van der Waals surface area contributed by atoms with Gasteiger partial charge in [-0.3, -0.25) is 9.69 Å². The van der Waals surface area contributed by atoms with Crippen LogP contribution in [0.15, 0.2) is 0 Å². The number of hydrogen-bond acceptors (Lipinski definition) is 3. The molecule has 1 atom stereocenters. The molecule has 2 rings (SSSR count). The van der Waals surface area contributed by atoms with Gasteiger partial charge < -0.3 is 10.6 Å². The predicted octanol–water partition coefficient (Wildman–Crippen LogP) is 0.995. The second kappa shape index (κ2) is 5.97. The van der Waals surface area contributed by atoms with E-state index < -0.39 is 0 Å². The van der Waals surface area contributed by atoms with Crippen molar-refractivity contribution in [2.75, 3.05) is 26.2 Å². The summed E-state index contributed by atoms with van der Waals surface area (Å²) in [6, 6.07) is 0.00963. The molecule has 0 aromatic heterocycles. The van der Waals surface area contributed by atoms with E-state index >= 15 is 0 Å². The third-order valence-corrected chi connectivity index (χ3v) is 4.59. The Kier molecular flexibility index (Phi) is 4.56. The largest absolute Gasteiger partial charge is 0.393 e. The van der Waals surface area contributed by atoms with Gasteiger partial charge in [-0.2, -0.15) is 0 Å². The van der Waals surface area contributed by atoms with Crippen LogP contribution in [0.4, 0.5) is 0 Å². The monoisotopic (exact) mass is 269 g/mol. The highest BCUT2D eigenvalue weighted by Crippen LogP contribution is 2.20. The van der Waals surface area contributed by atoms with Gasteiger partial charge in [0, 0.05) is 19.0 Å². The van der Waals surface area contributed by atoms with Gasteiger partial charge in [0.1, 0.15) is 0 Å². The van der Waals surface area contributed by atoms with E-state index in [1.807, 2.05) is 11.8 Å². The summed E-state index contributed by atoms with van der Waals surface area (Å²) in [6.07, 6.45) is 4.30. The van der Waals surface area contributed by atoms with Gasteiger partial charge in [-0.25, -0.2) is 0 Å². The minimum Gasteiger partial charge on any atom is -0.393 e. The summed E-state index contributed by atoms with van der Waals surface area (Å²) in [5.74, 6) is 0.659. The maximum atomic E-state index is 12.3. The molecular formula is C13H23N3OS. The molecule has 2 aliphatic rings. The zero-order valence-electron chi connectivity index (χ0n) is 11.1. The molecule has 2 heterocycles. The van der Waals surface area contributed by atoms with Crippen molar-refractivity contribution in [1.29, 1.82) is 0 Å². The Morgan fingerprint density at radius 2 is 1.78 bits per heavy atom. The second-order valence-electron chi connectivity index (χ2n) is 5.42. The average Bonchev–Trinajstić information content (AvgIpc) is 2.91. The average molecular weight is 269 g/mol. The molecule has 5 heteroatoms. The second-order valence-corrected chi connectivity index (χ2v) is 5.89. The van der Waals surface area contributed by atoms with Gasteiger partial charge in [-0.15, -0.1) is 0 Å². The molecule has 2 N–H and O–H groups in total. The van der Waals surface area contributed by atoms with Gasteiger partial charge in [-0.05, 0) is 45.7 Å². The standard InChI is InChI=1S/C13H23N3OS/c1-10(13(17)16-6-2-3-7-16)15-8-4-11(5-9-15)12(14)18/h10-11H,2-9H2,1H3,(H2,14,18). The molecule has 0 radical (unpaired) electrons. The highest BCUT2D eigenvalue weighted by Gasteiger charge is 2.30. The number of amides is 1. The first kappa shape index (κ1) is 13.7. The Labute approximate surface area is 114 Å². The van der Waals surface area contributed by atoms with E-state index in [1.54, 1.807) is 0 Å². The zero-order chi connectivity index (χ0) is 13.1. The fraction of sp³-hybridized carbons (Fsp3) is 0.846. The van der Waals surface area contributed by atoms with Gasteiger partial charge in [0.2, 0.25) is 5.91 Å². The Morgan fingerprint density at radius 3 is 2.28 bits per heavy atom. The first-order chi connectivity index (χ1) is 8.59. The van der Waals surface area contributed by atoms with Crippen molar-refractivity contribution in [2.45, 2.75) is 38.6 Å². The van der Waals surface area contributed by atoms with Crippen molar-refractivity contribution in [3.63, 3.8) is 0 Å². The Hall–Kier alpha value is -0.680. The van der Waals surface area contributed by atoms with E-state index in [0.29, 0.717) is 16.8 Å². The molecule has 0 spiro atoms. The molecule has 2 aliphatic heterocycles. The van der Waals surface area contributed by atoms with Crippen molar-refractivity contribution in [2.24, 2.45) is 11.7 Å². The first-order valence-electron chi connectivity index (χ1n) is 6.91. The maximum Gasteiger partial charge on any atom is 0.239 e. The fourth-order valence-electron chi connectivity index (χ4n) is 2.93. The molecule has 1 amide bonds. The Morgan fingerprint density at radius 1 is 1.22 bits per heavy atom. The summed E-state index contributed by atoms with van der Waals surface area (Å²) >= 11 is 5.04. The molecule has 0 aromatic rings. The quantitative estimate of drug-likeness (QED) is 0.777. The molecule has 0 aromatic carbocycles. The summed E-state index contributed by atoms with van der Waals surface area (Å²) in [4.78, 5) is 17.2. The van der Waals surface area contributed by atoms with Crippen LogP contribution in [0, 0.1) is 5.92 Å². The number of carbonyl (C=O) groups excluding carboxylic acids is 1. The van der Waals surface area contributed by atoms with E-state index in [1.165, 1.54) is 0 Å². The van der Waals surface area contributed by atoms with E-state index in [9.17, 15) is 4.79 Å². The maximum absolute atomic E-state index is 12.3. The lowest BCUT2D eigenvalue weighted by atomic mass is 9.96. The number of nitrogens with zero attached hydrogens (tertiary/aromatic N) is 2. The number of thiocarbonyl (C=S) groups is 1. The topological polar surface area (TPSA) is 49.6 Å². The van der Waals surface area contributed by atoms with Crippen molar-refractivity contribution < 1.29 is 4.79 Å². The van der Waals surface area contributed by atoms with E-state index in [-0.39, 0.29) is 6.04 Å². The van der Waals surface area contributed by atoms with Gasteiger partial charge >= 0.3 is 0 Å². The van der Waals surface area contributed by atoms with E-state index in [2.05, 4.69) is 4.90 Å². The van der Waals surface area contributed by atoms with Crippen LogP contribution in [0.5, 0.6) is 0 Å². The lowest BCUT2D eigenvalue weighted by molar-refractivity contribution is -0.135. The van der Waals surface area contributed by atoms with E-state index in [0.717, 1.165) is 51.9 Å². The zero-order valence-corrected chi connectivity index (χ0v) is 11.9. The summed E-state index contributed by atoms with van der Waals surface area (Å²) in [5, 5.41) is 0. The lowest BCUT2D eigenvalue weighted by Crippen LogP contribution is -2.49. The Bertz CT molecular complexity index is 320. The van der Waals surface area contributed by atoms with Crippen LogP contribution in [-0.4, -0.2) is 52.9 Å². The number of piperidine rings is 1. The molecule has 1 unspecified atom stereocenters. The third-order valence-electron chi connectivity index (χ3n) is 4.25. The minimum atomic E-state index is 0.00963. The molecular weight excluding hydrogens is 246 g/mol. The van der Waals surface area contributed by atoms with Gasteiger partial charge in [0.25, 0.3) is 0 Å². The van der Waals surface area contributed by atoms with Crippen LogP contribution in [0.1, 0.15) is 32.6 Å². The summed E-state index contributed by atoms with van der Waals surface area (Å²) in [5.41, 5.74) is 5.69. The van der Waals surface area contributed by atoms with Crippen molar-refractivity contribution in [3.8, 4) is 0 Å². The predicted molar refractivity (Wildman–Crippen MR) is 76.4 cm³/mol. The number of hydrogen-bond donors (Lipinski definition) is 1. The molecule has 0 aliphatic carbocycles. The number of nitrogens with two attached hydrogens (primary N) is 1. The van der Waals surface area contributed by atoms with Gasteiger partial charge in [-0.1, -0.05) is 12.2 Å².